The first-order valence-corrected chi connectivity index (χ1v) is 8.43. The third kappa shape index (κ3) is 3.99. The summed E-state index contributed by atoms with van der Waals surface area (Å²) in [7, 11) is 1.74. The van der Waals surface area contributed by atoms with Crippen molar-refractivity contribution in [2.45, 2.75) is 39.1 Å². The van der Waals surface area contributed by atoms with Gasteiger partial charge in [-0.1, -0.05) is 18.2 Å². The molecule has 1 amide bonds. The molecule has 1 aromatic heterocycles. The summed E-state index contributed by atoms with van der Waals surface area (Å²) < 4.78 is 11.4. The molecule has 1 unspecified atom stereocenters. The molecule has 3 rings (SSSR count). The van der Waals surface area contributed by atoms with E-state index in [4.69, 9.17) is 9.47 Å². The smallest absolute Gasteiger partial charge is 0.410 e. The number of amides is 1. The Bertz CT molecular complexity index is 753. The lowest BCUT2D eigenvalue weighted by molar-refractivity contribution is 0.00748. The van der Waals surface area contributed by atoms with Crippen LogP contribution in [0.25, 0.3) is 11.1 Å². The molecule has 0 bridgehead atoms. The van der Waals surface area contributed by atoms with Crippen molar-refractivity contribution in [3.63, 3.8) is 0 Å². The van der Waals surface area contributed by atoms with Crippen molar-refractivity contribution >= 4 is 6.09 Å². The van der Waals surface area contributed by atoms with Crippen LogP contribution in [-0.4, -0.2) is 35.2 Å². The first kappa shape index (κ1) is 17.4. The van der Waals surface area contributed by atoms with Gasteiger partial charge in [0.05, 0.1) is 13.2 Å². The first-order chi connectivity index (χ1) is 11.8. The van der Waals surface area contributed by atoms with Gasteiger partial charge in [0.15, 0.2) is 0 Å². The molecule has 132 valence electrons. The average Bonchev–Trinajstić information content (AvgIpc) is 2.97. The highest BCUT2D eigenvalue weighted by atomic mass is 16.6. The summed E-state index contributed by atoms with van der Waals surface area (Å²) in [5, 5.41) is 0. The zero-order chi connectivity index (χ0) is 18.0. The van der Waals surface area contributed by atoms with Crippen molar-refractivity contribution in [3.8, 4) is 11.1 Å². The number of carbonyl (C=O) groups excluding carboxylic acids is 1. The molecule has 0 saturated heterocycles. The van der Waals surface area contributed by atoms with Gasteiger partial charge in [0.25, 0.3) is 0 Å². The van der Waals surface area contributed by atoms with Crippen molar-refractivity contribution < 1.29 is 14.3 Å². The summed E-state index contributed by atoms with van der Waals surface area (Å²) in [6.45, 7) is 6.59. The predicted octanol–water partition coefficient (Wildman–Crippen LogP) is 4.19. The van der Waals surface area contributed by atoms with Gasteiger partial charge in [-0.05, 0) is 55.2 Å². The lowest BCUT2D eigenvalue weighted by atomic mass is 9.95. The largest absolute Gasteiger partial charge is 0.444 e. The normalized spacial score (nSPS) is 16.4. The number of aromatic nitrogens is 1. The highest BCUT2D eigenvalue weighted by Gasteiger charge is 2.29. The van der Waals surface area contributed by atoms with Crippen molar-refractivity contribution in [1.82, 2.24) is 9.88 Å². The fourth-order valence-electron chi connectivity index (χ4n) is 2.96. The number of rotatable bonds is 3. The molecule has 0 fully saturated rings. The summed E-state index contributed by atoms with van der Waals surface area (Å²) in [6, 6.07) is 10.2. The first-order valence-electron chi connectivity index (χ1n) is 8.43. The summed E-state index contributed by atoms with van der Waals surface area (Å²) in [4.78, 5) is 17.8. The third-order valence-electron chi connectivity index (χ3n) is 4.12. The second-order valence-electron chi connectivity index (χ2n) is 7.27. The van der Waals surface area contributed by atoms with E-state index < -0.39 is 5.60 Å². The van der Waals surface area contributed by atoms with Gasteiger partial charge in [-0.25, -0.2) is 4.79 Å². The van der Waals surface area contributed by atoms with Gasteiger partial charge in [0, 0.05) is 19.4 Å². The predicted molar refractivity (Wildman–Crippen MR) is 96.1 cm³/mol. The lowest BCUT2D eigenvalue weighted by Gasteiger charge is -2.26. The van der Waals surface area contributed by atoms with Gasteiger partial charge in [0.1, 0.15) is 11.7 Å². The maximum atomic E-state index is 12.2. The molecule has 0 saturated carbocycles. The van der Waals surface area contributed by atoms with E-state index in [0.717, 1.165) is 16.7 Å². The zero-order valence-corrected chi connectivity index (χ0v) is 15.2. The molecule has 5 nitrogen and oxygen atoms in total. The molecule has 2 aromatic rings. The Balaban J connectivity index is 1.78. The highest BCUT2D eigenvalue weighted by Crippen LogP contribution is 2.37. The fraction of sp³-hybridized carbons (Fsp3) is 0.400. The average molecular weight is 340 g/mol. The van der Waals surface area contributed by atoms with E-state index in [9.17, 15) is 4.79 Å². The van der Waals surface area contributed by atoms with Crippen LogP contribution in [0.15, 0.2) is 42.7 Å². The number of pyridine rings is 1. The monoisotopic (exact) mass is 340 g/mol. The minimum absolute atomic E-state index is 0.144. The van der Waals surface area contributed by atoms with E-state index in [1.807, 2.05) is 39.0 Å². The molecule has 0 aliphatic carbocycles. The molecule has 1 aromatic carbocycles. The Morgan fingerprint density at radius 1 is 1.28 bits per heavy atom. The molecule has 1 aliphatic rings. The van der Waals surface area contributed by atoms with E-state index in [0.29, 0.717) is 13.2 Å². The van der Waals surface area contributed by atoms with Gasteiger partial charge < -0.3 is 14.4 Å². The number of fused-ring (bicyclic) bond motifs is 1. The summed E-state index contributed by atoms with van der Waals surface area (Å²) in [6.07, 6.45) is 3.10. The minimum atomic E-state index is -0.506. The van der Waals surface area contributed by atoms with Crippen LogP contribution in [0.2, 0.25) is 0 Å². The Morgan fingerprint density at radius 3 is 2.68 bits per heavy atom. The second kappa shape index (κ2) is 6.84. The number of hydrogen-bond donors (Lipinski definition) is 0. The van der Waals surface area contributed by atoms with Crippen LogP contribution < -0.4 is 0 Å². The Hall–Kier alpha value is -2.40. The SMILES string of the molecule is CN(CC1OCc2c(-c3ccncc3)cccc21)C(=O)OC(C)(C)C. The van der Waals surface area contributed by atoms with Gasteiger partial charge in [-0.15, -0.1) is 0 Å². The van der Waals surface area contributed by atoms with Crippen LogP contribution >= 0.6 is 0 Å². The fourth-order valence-corrected chi connectivity index (χ4v) is 2.96. The third-order valence-corrected chi connectivity index (χ3v) is 4.12. The number of benzene rings is 1. The van der Waals surface area contributed by atoms with E-state index in [1.54, 1.807) is 24.3 Å². The van der Waals surface area contributed by atoms with E-state index in [2.05, 4.69) is 17.1 Å². The number of hydrogen-bond acceptors (Lipinski definition) is 4. The van der Waals surface area contributed by atoms with Gasteiger partial charge in [-0.3, -0.25) is 4.98 Å². The molecular weight excluding hydrogens is 316 g/mol. The molecule has 1 atom stereocenters. The highest BCUT2D eigenvalue weighted by molar-refractivity contribution is 5.70. The summed E-state index contributed by atoms with van der Waals surface area (Å²) >= 11 is 0. The van der Waals surface area contributed by atoms with Crippen molar-refractivity contribution in [1.29, 1.82) is 0 Å². The van der Waals surface area contributed by atoms with Crippen LogP contribution in [0.3, 0.4) is 0 Å². The lowest BCUT2D eigenvalue weighted by Crippen LogP contribution is -2.36. The zero-order valence-electron chi connectivity index (χ0n) is 15.2. The maximum absolute atomic E-state index is 12.2. The number of nitrogens with zero attached hydrogens (tertiary/aromatic N) is 2. The van der Waals surface area contributed by atoms with Crippen LogP contribution in [0.4, 0.5) is 4.79 Å². The molecule has 0 radical (unpaired) electrons. The van der Waals surface area contributed by atoms with Gasteiger partial charge in [0.2, 0.25) is 0 Å². The number of likely N-dealkylation sites (N-methyl/N-ethyl adjacent to an activating group) is 1. The van der Waals surface area contributed by atoms with Gasteiger partial charge in [-0.2, -0.15) is 0 Å². The Kier molecular flexibility index (Phi) is 4.77. The van der Waals surface area contributed by atoms with Crippen LogP contribution in [-0.2, 0) is 16.1 Å². The molecular formula is C20H24N2O3. The molecule has 2 heterocycles. The topological polar surface area (TPSA) is 51.7 Å². The van der Waals surface area contributed by atoms with Crippen molar-refractivity contribution in [2.24, 2.45) is 0 Å². The summed E-state index contributed by atoms with van der Waals surface area (Å²) in [5.74, 6) is 0. The molecule has 1 aliphatic heterocycles. The van der Waals surface area contributed by atoms with E-state index in [-0.39, 0.29) is 12.2 Å². The van der Waals surface area contributed by atoms with E-state index >= 15 is 0 Å². The van der Waals surface area contributed by atoms with Gasteiger partial charge >= 0.3 is 6.09 Å². The van der Waals surface area contributed by atoms with Crippen LogP contribution in [0.5, 0.6) is 0 Å². The molecule has 5 heteroatoms. The summed E-state index contributed by atoms with van der Waals surface area (Å²) in [5.41, 5.74) is 4.08. The Morgan fingerprint density at radius 2 is 2.00 bits per heavy atom. The maximum Gasteiger partial charge on any atom is 0.410 e. The van der Waals surface area contributed by atoms with E-state index in [1.165, 1.54) is 5.56 Å². The number of carbonyl (C=O) groups is 1. The minimum Gasteiger partial charge on any atom is -0.444 e. The molecule has 25 heavy (non-hydrogen) atoms. The van der Waals surface area contributed by atoms with Crippen molar-refractivity contribution in [2.75, 3.05) is 13.6 Å². The molecule has 0 spiro atoms. The second-order valence-corrected chi connectivity index (χ2v) is 7.27. The van der Waals surface area contributed by atoms with Crippen LogP contribution in [0.1, 0.15) is 38.0 Å². The quantitative estimate of drug-likeness (QED) is 0.841. The van der Waals surface area contributed by atoms with Crippen molar-refractivity contribution in [3.05, 3.63) is 53.9 Å². The molecule has 0 N–H and O–H groups in total. The van der Waals surface area contributed by atoms with Crippen LogP contribution in [0, 0.1) is 0 Å². The Labute approximate surface area is 148 Å². The standard InChI is InChI=1S/C20H24N2O3/c1-20(2,3)25-19(23)22(4)12-18-16-7-5-6-15(17(16)13-24-18)14-8-10-21-11-9-14/h5-11,18H,12-13H2,1-4H3. The number of ether oxygens (including phenoxy) is 2.